The average molecular weight is 385 g/mol. The summed E-state index contributed by atoms with van der Waals surface area (Å²) in [4.78, 5) is 47.2. The summed E-state index contributed by atoms with van der Waals surface area (Å²) in [6.45, 7) is 3.45. The molecule has 0 spiro atoms. The highest BCUT2D eigenvalue weighted by Gasteiger charge is 2.31. The van der Waals surface area contributed by atoms with E-state index in [9.17, 15) is 24.3 Å². The number of carboxylic acid groups (broad SMARTS) is 2. The minimum absolute atomic E-state index is 0.198. The van der Waals surface area contributed by atoms with E-state index in [1.54, 1.807) is 13.8 Å². The lowest BCUT2D eigenvalue weighted by Gasteiger charge is -2.27. The predicted molar refractivity (Wildman–Crippen MR) is 97.8 cm³/mol. The molecule has 0 aliphatic heterocycles. The first-order valence-electron chi connectivity index (χ1n) is 9.42. The summed E-state index contributed by atoms with van der Waals surface area (Å²) in [5.41, 5.74) is 5.73. The van der Waals surface area contributed by atoms with Crippen molar-refractivity contribution in [3.8, 4) is 0 Å². The molecule has 9 nitrogen and oxygen atoms in total. The van der Waals surface area contributed by atoms with Crippen molar-refractivity contribution in [1.29, 1.82) is 0 Å². The quantitative estimate of drug-likeness (QED) is 0.365. The molecule has 1 aliphatic carbocycles. The molecule has 1 saturated carbocycles. The van der Waals surface area contributed by atoms with E-state index in [4.69, 9.17) is 10.8 Å². The van der Waals surface area contributed by atoms with Crippen molar-refractivity contribution >= 4 is 23.8 Å². The molecule has 0 radical (unpaired) electrons. The van der Waals surface area contributed by atoms with Gasteiger partial charge in [-0.3, -0.25) is 14.4 Å². The smallest absolute Gasteiger partial charge is 0.326 e. The van der Waals surface area contributed by atoms with Gasteiger partial charge in [0.05, 0.1) is 12.5 Å². The molecule has 1 fully saturated rings. The first-order chi connectivity index (χ1) is 12.6. The van der Waals surface area contributed by atoms with Gasteiger partial charge in [-0.1, -0.05) is 46.0 Å². The van der Waals surface area contributed by atoms with Crippen molar-refractivity contribution in [3.63, 3.8) is 0 Å². The lowest BCUT2D eigenvalue weighted by molar-refractivity contribution is -0.144. The Kier molecular flexibility index (Phi) is 9.20. The van der Waals surface area contributed by atoms with Crippen LogP contribution >= 0.6 is 0 Å². The van der Waals surface area contributed by atoms with Gasteiger partial charge < -0.3 is 26.6 Å². The highest BCUT2D eigenvalue weighted by Crippen LogP contribution is 2.27. The van der Waals surface area contributed by atoms with Crippen LogP contribution in [-0.2, 0) is 19.2 Å². The van der Waals surface area contributed by atoms with Gasteiger partial charge in [0.2, 0.25) is 11.8 Å². The topological polar surface area (TPSA) is 159 Å². The Balaban J connectivity index is 2.77. The van der Waals surface area contributed by atoms with Gasteiger partial charge in [0.1, 0.15) is 12.1 Å². The van der Waals surface area contributed by atoms with Crippen LogP contribution in [0.3, 0.4) is 0 Å². The van der Waals surface area contributed by atoms with Gasteiger partial charge in [-0.15, -0.1) is 0 Å². The van der Waals surface area contributed by atoms with Crippen LogP contribution in [0.25, 0.3) is 0 Å². The normalized spacial score (nSPS) is 18.4. The van der Waals surface area contributed by atoms with Crippen LogP contribution in [0.2, 0.25) is 0 Å². The van der Waals surface area contributed by atoms with Gasteiger partial charge in [-0.25, -0.2) is 4.79 Å². The SMILES string of the molecule is CC(C)[C@H](N)C(=O)N[C@@H](CC(=O)O)C(=O)N[C@@H](CC1CCCCC1)C(=O)O. The van der Waals surface area contributed by atoms with E-state index in [1.165, 1.54) is 0 Å². The lowest BCUT2D eigenvalue weighted by Crippen LogP contribution is -2.56. The van der Waals surface area contributed by atoms with Crippen LogP contribution in [0.4, 0.5) is 0 Å². The number of aliphatic carboxylic acids is 2. The molecule has 0 bridgehead atoms. The molecule has 154 valence electrons. The highest BCUT2D eigenvalue weighted by molar-refractivity contribution is 5.93. The summed E-state index contributed by atoms with van der Waals surface area (Å²) < 4.78 is 0. The zero-order chi connectivity index (χ0) is 20.6. The van der Waals surface area contributed by atoms with Crippen LogP contribution in [-0.4, -0.2) is 52.1 Å². The van der Waals surface area contributed by atoms with E-state index in [0.29, 0.717) is 6.42 Å². The fourth-order valence-corrected chi connectivity index (χ4v) is 3.20. The molecule has 1 aliphatic rings. The van der Waals surface area contributed by atoms with Crippen molar-refractivity contribution in [2.45, 2.75) is 76.9 Å². The number of carbonyl (C=O) groups is 4. The molecule has 0 aromatic carbocycles. The van der Waals surface area contributed by atoms with Gasteiger partial charge >= 0.3 is 11.9 Å². The number of hydrogen-bond acceptors (Lipinski definition) is 5. The Morgan fingerprint density at radius 2 is 1.52 bits per heavy atom. The van der Waals surface area contributed by atoms with E-state index in [-0.39, 0.29) is 11.8 Å². The number of rotatable bonds is 10. The number of carbonyl (C=O) groups excluding carboxylic acids is 2. The second-order valence-electron chi connectivity index (χ2n) is 7.57. The van der Waals surface area contributed by atoms with E-state index >= 15 is 0 Å². The number of carboxylic acids is 2. The number of amides is 2. The van der Waals surface area contributed by atoms with Crippen molar-refractivity contribution in [2.75, 3.05) is 0 Å². The molecule has 0 aromatic rings. The third kappa shape index (κ3) is 7.94. The largest absolute Gasteiger partial charge is 0.481 e. The Morgan fingerprint density at radius 1 is 0.963 bits per heavy atom. The fraction of sp³-hybridized carbons (Fsp3) is 0.778. The Hall–Kier alpha value is -2.16. The zero-order valence-electron chi connectivity index (χ0n) is 15.9. The van der Waals surface area contributed by atoms with Crippen LogP contribution < -0.4 is 16.4 Å². The van der Waals surface area contributed by atoms with Gasteiger partial charge in [0, 0.05) is 0 Å². The minimum Gasteiger partial charge on any atom is -0.481 e. The lowest BCUT2D eigenvalue weighted by atomic mass is 9.85. The van der Waals surface area contributed by atoms with E-state index in [0.717, 1.165) is 32.1 Å². The second kappa shape index (κ2) is 10.9. The number of nitrogens with one attached hydrogen (secondary N) is 2. The summed E-state index contributed by atoms with van der Waals surface area (Å²) >= 11 is 0. The average Bonchev–Trinajstić information content (AvgIpc) is 2.59. The van der Waals surface area contributed by atoms with E-state index in [1.807, 2.05) is 0 Å². The molecule has 1 rings (SSSR count). The van der Waals surface area contributed by atoms with Crippen LogP contribution in [0.5, 0.6) is 0 Å². The van der Waals surface area contributed by atoms with Crippen molar-refractivity contribution in [3.05, 3.63) is 0 Å². The van der Waals surface area contributed by atoms with Crippen LogP contribution in [0.1, 0.15) is 58.8 Å². The van der Waals surface area contributed by atoms with E-state index in [2.05, 4.69) is 10.6 Å². The first-order valence-corrected chi connectivity index (χ1v) is 9.42. The maximum absolute atomic E-state index is 12.5. The highest BCUT2D eigenvalue weighted by atomic mass is 16.4. The molecule has 6 N–H and O–H groups in total. The van der Waals surface area contributed by atoms with Crippen LogP contribution in [0, 0.1) is 11.8 Å². The Bertz CT molecular complexity index is 545. The number of nitrogens with two attached hydrogens (primary N) is 1. The summed E-state index contributed by atoms with van der Waals surface area (Å²) in [6.07, 6.45) is 4.67. The predicted octanol–water partition coefficient (Wildman–Crippen LogP) is 0.469. The second-order valence-corrected chi connectivity index (χ2v) is 7.57. The van der Waals surface area contributed by atoms with Gasteiger partial charge in [0.15, 0.2) is 0 Å². The standard InChI is InChI=1S/C18H31N3O6/c1-10(2)15(19)17(25)20-12(9-14(22)23)16(24)21-13(18(26)27)8-11-6-4-3-5-7-11/h10-13,15H,3-9,19H2,1-2H3,(H,20,25)(H,21,24)(H,22,23)(H,26,27)/t12-,13-,15-/m0/s1. The molecule has 0 unspecified atom stereocenters. The van der Waals surface area contributed by atoms with Gasteiger partial charge in [-0.2, -0.15) is 0 Å². The fourth-order valence-electron chi connectivity index (χ4n) is 3.20. The molecular weight excluding hydrogens is 354 g/mol. The van der Waals surface area contributed by atoms with Crippen molar-refractivity contribution in [2.24, 2.45) is 17.6 Å². The maximum atomic E-state index is 12.5. The van der Waals surface area contributed by atoms with Crippen molar-refractivity contribution < 1.29 is 29.4 Å². The molecule has 0 heterocycles. The zero-order valence-corrected chi connectivity index (χ0v) is 15.9. The molecule has 27 heavy (non-hydrogen) atoms. The number of hydrogen-bond donors (Lipinski definition) is 5. The Labute approximate surface area is 159 Å². The molecule has 2 amide bonds. The summed E-state index contributed by atoms with van der Waals surface area (Å²) in [6, 6.07) is -3.40. The summed E-state index contributed by atoms with van der Waals surface area (Å²) in [5, 5.41) is 23.2. The monoisotopic (exact) mass is 385 g/mol. The molecular formula is C18H31N3O6. The third-order valence-electron chi connectivity index (χ3n) is 4.94. The summed E-state index contributed by atoms with van der Waals surface area (Å²) in [5.74, 6) is -3.92. The molecule has 0 saturated heterocycles. The molecule has 9 heteroatoms. The third-order valence-corrected chi connectivity index (χ3v) is 4.94. The minimum atomic E-state index is -1.38. The van der Waals surface area contributed by atoms with Gasteiger partial charge in [-0.05, 0) is 18.3 Å². The van der Waals surface area contributed by atoms with E-state index < -0.39 is 48.3 Å². The first kappa shape index (κ1) is 22.9. The van der Waals surface area contributed by atoms with Crippen LogP contribution in [0.15, 0.2) is 0 Å². The summed E-state index contributed by atoms with van der Waals surface area (Å²) in [7, 11) is 0. The Morgan fingerprint density at radius 3 is 2.00 bits per heavy atom. The molecule has 3 atom stereocenters. The maximum Gasteiger partial charge on any atom is 0.326 e. The van der Waals surface area contributed by atoms with Gasteiger partial charge in [0.25, 0.3) is 0 Å². The van der Waals surface area contributed by atoms with Crippen molar-refractivity contribution in [1.82, 2.24) is 10.6 Å². The molecule has 0 aromatic heterocycles.